The Morgan fingerprint density at radius 1 is 1.23 bits per heavy atom. The molecular formula is C15H16ClN5O. The first kappa shape index (κ1) is 14.6. The first-order valence-corrected chi connectivity index (χ1v) is 7.37. The van der Waals surface area contributed by atoms with Gasteiger partial charge in [-0.1, -0.05) is 23.7 Å². The number of ether oxygens (including phenoxy) is 1. The lowest BCUT2D eigenvalue weighted by molar-refractivity contribution is 0.308. The number of hydrogen-bond donors (Lipinski definition) is 2. The van der Waals surface area contributed by atoms with E-state index in [0.717, 1.165) is 18.5 Å². The summed E-state index contributed by atoms with van der Waals surface area (Å²) in [5.41, 5.74) is 7.64. The molecule has 2 heterocycles. The Kier molecular flexibility index (Phi) is 4.39. The Morgan fingerprint density at radius 3 is 2.68 bits per heavy atom. The molecule has 22 heavy (non-hydrogen) atoms. The van der Waals surface area contributed by atoms with Crippen LogP contribution in [0.4, 0.5) is 11.5 Å². The van der Waals surface area contributed by atoms with Gasteiger partial charge < -0.3 is 15.8 Å². The van der Waals surface area contributed by atoms with Gasteiger partial charge in [0.15, 0.2) is 11.0 Å². The van der Waals surface area contributed by atoms with Crippen LogP contribution in [0, 0.1) is 0 Å². The van der Waals surface area contributed by atoms with Crippen LogP contribution in [0.3, 0.4) is 0 Å². The highest BCUT2D eigenvalue weighted by atomic mass is 35.5. The Balaban J connectivity index is 1.57. The summed E-state index contributed by atoms with van der Waals surface area (Å²) in [4.78, 5) is 12.3. The fourth-order valence-corrected chi connectivity index (χ4v) is 2.37. The molecule has 1 atom stereocenters. The molecule has 0 radical (unpaired) electrons. The van der Waals surface area contributed by atoms with Gasteiger partial charge in [-0.3, -0.25) is 0 Å². The number of aliphatic imine (C=N–C) groups is 1. The molecule has 3 rings (SSSR count). The van der Waals surface area contributed by atoms with Gasteiger partial charge in [0.1, 0.15) is 6.61 Å². The van der Waals surface area contributed by atoms with Crippen LogP contribution in [0.1, 0.15) is 12.0 Å². The highest BCUT2D eigenvalue weighted by Crippen LogP contribution is 2.21. The van der Waals surface area contributed by atoms with Crippen LogP contribution in [-0.4, -0.2) is 28.6 Å². The monoisotopic (exact) mass is 317 g/mol. The quantitative estimate of drug-likeness (QED) is 0.885. The van der Waals surface area contributed by atoms with Crippen molar-refractivity contribution in [3.8, 4) is 0 Å². The number of hydrogen-bond acceptors (Lipinski definition) is 6. The summed E-state index contributed by atoms with van der Waals surface area (Å²) in [6.07, 6.45) is 5.00. The Hall–Kier alpha value is -2.34. The molecule has 3 N–H and O–H groups in total. The minimum absolute atomic E-state index is 0.163. The first-order chi connectivity index (χ1) is 10.7. The third-order valence-corrected chi connectivity index (χ3v) is 3.65. The number of halogens is 1. The second-order valence-corrected chi connectivity index (χ2v) is 5.35. The predicted molar refractivity (Wildman–Crippen MR) is 86.5 cm³/mol. The normalized spacial score (nSPS) is 17.0. The zero-order valence-corrected chi connectivity index (χ0v) is 12.6. The van der Waals surface area contributed by atoms with Crippen molar-refractivity contribution in [1.29, 1.82) is 0 Å². The van der Waals surface area contributed by atoms with Crippen molar-refractivity contribution in [3.63, 3.8) is 0 Å². The molecule has 0 bridgehead atoms. The maximum absolute atomic E-state index is 5.97. The minimum Gasteiger partial charge on any atom is -0.463 e. The van der Waals surface area contributed by atoms with Crippen LogP contribution < -0.4 is 11.1 Å². The second-order valence-electron chi connectivity index (χ2n) is 4.99. The summed E-state index contributed by atoms with van der Waals surface area (Å²) < 4.78 is 5.14. The van der Waals surface area contributed by atoms with E-state index in [4.69, 9.17) is 22.1 Å². The molecule has 0 fully saturated rings. The van der Waals surface area contributed by atoms with Crippen molar-refractivity contribution in [2.75, 3.05) is 11.9 Å². The molecule has 0 unspecified atom stereocenters. The SMILES string of the molecule is NC1=N[C@@H](CCc2ccc(Nc3nccnc3Cl)cc2)CO1. The van der Waals surface area contributed by atoms with E-state index < -0.39 is 0 Å². The summed E-state index contributed by atoms with van der Waals surface area (Å²) in [7, 11) is 0. The number of rotatable bonds is 5. The average Bonchev–Trinajstić information content (AvgIpc) is 2.94. The number of nitrogens with two attached hydrogens (primary N) is 1. The molecule has 0 saturated carbocycles. The zero-order valence-electron chi connectivity index (χ0n) is 11.9. The molecule has 0 amide bonds. The molecule has 2 aromatic rings. The van der Waals surface area contributed by atoms with Crippen LogP contribution in [0.25, 0.3) is 0 Å². The molecular weight excluding hydrogens is 302 g/mol. The van der Waals surface area contributed by atoms with Gasteiger partial charge in [-0.15, -0.1) is 0 Å². The fraction of sp³-hybridized carbons (Fsp3) is 0.267. The molecule has 1 aliphatic heterocycles. The zero-order chi connectivity index (χ0) is 15.4. The lowest BCUT2D eigenvalue weighted by Gasteiger charge is -2.08. The van der Waals surface area contributed by atoms with Crippen LogP contribution in [0.15, 0.2) is 41.7 Å². The van der Waals surface area contributed by atoms with Crippen molar-refractivity contribution in [2.24, 2.45) is 10.7 Å². The Bertz CT molecular complexity index is 674. The molecule has 1 aromatic heterocycles. The summed E-state index contributed by atoms with van der Waals surface area (Å²) in [5.74, 6) is 0.546. The molecule has 7 heteroatoms. The van der Waals surface area contributed by atoms with Gasteiger partial charge in [0.05, 0.1) is 6.04 Å². The van der Waals surface area contributed by atoms with E-state index >= 15 is 0 Å². The first-order valence-electron chi connectivity index (χ1n) is 6.99. The standard InChI is InChI=1S/C15H16ClN5O/c16-13-14(19-8-7-18-13)20-11-4-1-10(2-5-11)3-6-12-9-22-15(17)21-12/h1-2,4-5,7-8,12H,3,6,9H2,(H2,17,21)(H,19,20)/t12-/m0/s1. The largest absolute Gasteiger partial charge is 0.463 e. The summed E-state index contributed by atoms with van der Waals surface area (Å²) in [6.45, 7) is 0.580. The third-order valence-electron chi connectivity index (χ3n) is 3.37. The van der Waals surface area contributed by atoms with Crippen molar-refractivity contribution in [2.45, 2.75) is 18.9 Å². The van der Waals surface area contributed by atoms with E-state index in [-0.39, 0.29) is 6.04 Å². The van der Waals surface area contributed by atoms with Gasteiger partial charge in [0.2, 0.25) is 0 Å². The predicted octanol–water partition coefficient (Wildman–Crippen LogP) is 2.52. The summed E-state index contributed by atoms with van der Waals surface area (Å²) >= 11 is 5.97. The lowest BCUT2D eigenvalue weighted by atomic mass is 10.1. The number of anilines is 2. The van der Waals surface area contributed by atoms with E-state index in [2.05, 4.69) is 32.4 Å². The third kappa shape index (κ3) is 3.65. The molecule has 1 aliphatic rings. The topological polar surface area (TPSA) is 85.4 Å². The van der Waals surface area contributed by atoms with Gasteiger partial charge in [-0.25, -0.2) is 15.0 Å². The minimum atomic E-state index is 0.163. The summed E-state index contributed by atoms with van der Waals surface area (Å²) in [6, 6.07) is 8.57. The highest BCUT2D eigenvalue weighted by Gasteiger charge is 2.16. The fourth-order valence-electron chi connectivity index (χ4n) is 2.21. The molecule has 6 nitrogen and oxygen atoms in total. The van der Waals surface area contributed by atoms with Gasteiger partial charge in [-0.05, 0) is 30.5 Å². The second kappa shape index (κ2) is 6.62. The molecule has 0 aliphatic carbocycles. The highest BCUT2D eigenvalue weighted by molar-refractivity contribution is 6.31. The van der Waals surface area contributed by atoms with E-state index in [0.29, 0.717) is 23.6 Å². The van der Waals surface area contributed by atoms with Crippen LogP contribution in [0.2, 0.25) is 5.15 Å². The molecule has 114 valence electrons. The van der Waals surface area contributed by atoms with Gasteiger partial charge in [0, 0.05) is 18.1 Å². The Labute approximate surface area is 133 Å². The van der Waals surface area contributed by atoms with E-state index in [1.165, 1.54) is 5.56 Å². The Morgan fingerprint density at radius 2 is 2.00 bits per heavy atom. The van der Waals surface area contributed by atoms with Crippen molar-refractivity contribution < 1.29 is 4.74 Å². The van der Waals surface area contributed by atoms with Crippen molar-refractivity contribution in [3.05, 3.63) is 47.4 Å². The number of aryl methyl sites for hydroxylation is 1. The number of nitrogens with zero attached hydrogens (tertiary/aromatic N) is 3. The number of benzene rings is 1. The summed E-state index contributed by atoms with van der Waals surface area (Å²) in [5, 5.41) is 3.49. The van der Waals surface area contributed by atoms with E-state index in [9.17, 15) is 0 Å². The van der Waals surface area contributed by atoms with Crippen molar-refractivity contribution in [1.82, 2.24) is 9.97 Å². The lowest BCUT2D eigenvalue weighted by Crippen LogP contribution is -2.10. The van der Waals surface area contributed by atoms with Gasteiger partial charge in [0.25, 0.3) is 6.02 Å². The van der Waals surface area contributed by atoms with E-state index in [1.807, 2.05) is 12.1 Å². The van der Waals surface area contributed by atoms with Gasteiger partial charge in [-0.2, -0.15) is 0 Å². The molecule has 1 aromatic carbocycles. The number of nitrogens with one attached hydrogen (secondary N) is 1. The van der Waals surface area contributed by atoms with Crippen LogP contribution in [-0.2, 0) is 11.2 Å². The molecule has 0 saturated heterocycles. The van der Waals surface area contributed by atoms with Crippen LogP contribution in [0.5, 0.6) is 0 Å². The number of aromatic nitrogens is 2. The van der Waals surface area contributed by atoms with Crippen LogP contribution >= 0.6 is 11.6 Å². The number of amidine groups is 1. The van der Waals surface area contributed by atoms with E-state index in [1.54, 1.807) is 12.4 Å². The smallest absolute Gasteiger partial charge is 0.282 e. The maximum atomic E-state index is 5.97. The maximum Gasteiger partial charge on any atom is 0.282 e. The van der Waals surface area contributed by atoms with Gasteiger partial charge >= 0.3 is 0 Å². The van der Waals surface area contributed by atoms with Crippen molar-refractivity contribution >= 4 is 29.1 Å². The molecule has 0 spiro atoms. The average molecular weight is 318 g/mol.